The van der Waals surface area contributed by atoms with Crippen molar-refractivity contribution < 1.29 is 5.11 Å². The third kappa shape index (κ3) is 1.77. The van der Waals surface area contributed by atoms with Gasteiger partial charge in [0.2, 0.25) is 4.96 Å². The zero-order chi connectivity index (χ0) is 12.7. The molecule has 0 aliphatic heterocycles. The second-order valence-corrected chi connectivity index (χ2v) is 5.69. The topological polar surface area (TPSA) is 50.4 Å². The highest BCUT2D eigenvalue weighted by atomic mass is 79.9. The number of imidazole rings is 1. The van der Waals surface area contributed by atoms with E-state index in [9.17, 15) is 5.11 Å². The number of benzene rings is 1. The van der Waals surface area contributed by atoms with Crippen molar-refractivity contribution in [3.8, 4) is 10.6 Å². The summed E-state index contributed by atoms with van der Waals surface area (Å²) in [4.78, 5) is 5.21. The molecule has 4 nitrogen and oxygen atoms in total. The van der Waals surface area contributed by atoms with Gasteiger partial charge in [-0.25, -0.2) is 9.50 Å². The lowest BCUT2D eigenvalue weighted by Gasteiger charge is -1.98. The quantitative estimate of drug-likeness (QED) is 0.788. The van der Waals surface area contributed by atoms with E-state index in [1.54, 1.807) is 4.52 Å². The summed E-state index contributed by atoms with van der Waals surface area (Å²) in [5.74, 6) is 0. The average Bonchev–Trinajstić information content (AvgIpc) is 2.86. The minimum Gasteiger partial charge on any atom is -0.390 e. The summed E-state index contributed by atoms with van der Waals surface area (Å²) < 4.78 is 2.72. The van der Waals surface area contributed by atoms with Gasteiger partial charge in [-0.15, -0.1) is 0 Å². The van der Waals surface area contributed by atoms with Gasteiger partial charge in [0.15, 0.2) is 0 Å². The molecule has 0 saturated carbocycles. The molecule has 1 N–H and O–H groups in total. The van der Waals surface area contributed by atoms with Crippen LogP contribution >= 0.6 is 27.3 Å². The fraction of sp³-hybridized carbons (Fsp3) is 0.167. The smallest absolute Gasteiger partial charge is 0.213 e. The molecule has 92 valence electrons. The number of nitrogens with zero attached hydrogens (tertiary/aromatic N) is 3. The second-order valence-electron chi connectivity index (χ2n) is 3.88. The SMILES string of the molecule is Cc1nc2sc(-c3ccccc3Br)nn2c1CO. The average molecular weight is 324 g/mol. The molecule has 1 aromatic carbocycles. The molecule has 3 rings (SSSR count). The van der Waals surface area contributed by atoms with E-state index in [2.05, 4.69) is 26.0 Å². The largest absolute Gasteiger partial charge is 0.390 e. The molecule has 6 heteroatoms. The van der Waals surface area contributed by atoms with Gasteiger partial charge in [0, 0.05) is 10.0 Å². The normalized spacial score (nSPS) is 11.3. The minimum atomic E-state index is -0.0495. The van der Waals surface area contributed by atoms with Crippen molar-refractivity contribution in [3.05, 3.63) is 40.1 Å². The van der Waals surface area contributed by atoms with E-state index in [0.717, 1.165) is 31.4 Å². The minimum absolute atomic E-state index is 0.0495. The number of aliphatic hydroxyl groups is 1. The molecule has 0 amide bonds. The zero-order valence-electron chi connectivity index (χ0n) is 9.59. The highest BCUT2D eigenvalue weighted by Crippen LogP contribution is 2.32. The fourth-order valence-corrected chi connectivity index (χ4v) is 3.42. The number of hydrogen-bond acceptors (Lipinski definition) is 4. The Kier molecular flexibility index (Phi) is 2.93. The molecule has 18 heavy (non-hydrogen) atoms. The van der Waals surface area contributed by atoms with Crippen molar-refractivity contribution in [1.82, 2.24) is 14.6 Å². The Hall–Kier alpha value is -1.24. The number of aryl methyl sites for hydroxylation is 1. The summed E-state index contributed by atoms with van der Waals surface area (Å²) in [6, 6.07) is 7.93. The summed E-state index contributed by atoms with van der Waals surface area (Å²) in [5, 5.41) is 14.7. The van der Waals surface area contributed by atoms with E-state index in [-0.39, 0.29) is 6.61 Å². The third-order valence-electron chi connectivity index (χ3n) is 2.75. The second kappa shape index (κ2) is 4.46. The van der Waals surface area contributed by atoms with Crippen LogP contribution in [0.2, 0.25) is 0 Å². The molecular formula is C12H10BrN3OS. The molecule has 0 atom stereocenters. The lowest BCUT2D eigenvalue weighted by atomic mass is 10.2. The Morgan fingerprint density at radius 2 is 2.17 bits per heavy atom. The molecule has 2 heterocycles. The predicted molar refractivity (Wildman–Crippen MR) is 74.7 cm³/mol. The number of rotatable bonds is 2. The number of fused-ring (bicyclic) bond motifs is 1. The predicted octanol–water partition coefficient (Wildman–Crippen LogP) is 3.02. The van der Waals surface area contributed by atoms with E-state index < -0.39 is 0 Å². The van der Waals surface area contributed by atoms with Crippen LogP contribution in [0.5, 0.6) is 0 Å². The number of hydrogen-bond donors (Lipinski definition) is 1. The van der Waals surface area contributed by atoms with Crippen molar-refractivity contribution >= 4 is 32.2 Å². The Morgan fingerprint density at radius 3 is 2.89 bits per heavy atom. The first-order chi connectivity index (χ1) is 8.70. The van der Waals surface area contributed by atoms with Gasteiger partial charge < -0.3 is 5.11 Å². The van der Waals surface area contributed by atoms with Crippen molar-refractivity contribution in [2.24, 2.45) is 0 Å². The van der Waals surface area contributed by atoms with Crippen LogP contribution in [-0.2, 0) is 6.61 Å². The van der Waals surface area contributed by atoms with E-state index in [1.165, 1.54) is 11.3 Å². The summed E-state index contributed by atoms with van der Waals surface area (Å²) >= 11 is 5.03. The van der Waals surface area contributed by atoms with Crippen molar-refractivity contribution in [3.63, 3.8) is 0 Å². The van der Waals surface area contributed by atoms with Crippen molar-refractivity contribution in [2.45, 2.75) is 13.5 Å². The lowest BCUT2D eigenvalue weighted by Crippen LogP contribution is -1.95. The molecule has 0 spiro atoms. The molecule has 0 saturated heterocycles. The van der Waals surface area contributed by atoms with Gasteiger partial charge in [0.25, 0.3) is 0 Å². The van der Waals surface area contributed by atoms with Gasteiger partial charge in [-0.3, -0.25) is 0 Å². The van der Waals surface area contributed by atoms with Crippen LogP contribution in [0.4, 0.5) is 0 Å². The summed E-state index contributed by atoms with van der Waals surface area (Å²) in [5.41, 5.74) is 2.61. The highest BCUT2D eigenvalue weighted by Gasteiger charge is 2.15. The van der Waals surface area contributed by atoms with E-state index in [0.29, 0.717) is 0 Å². The Labute approximate surface area is 116 Å². The van der Waals surface area contributed by atoms with Gasteiger partial charge in [-0.05, 0) is 13.0 Å². The van der Waals surface area contributed by atoms with Crippen LogP contribution in [0.15, 0.2) is 28.7 Å². The summed E-state index contributed by atoms with van der Waals surface area (Å²) in [7, 11) is 0. The first kappa shape index (κ1) is 11.8. The number of halogens is 1. The molecule has 2 aromatic heterocycles. The van der Waals surface area contributed by atoms with Gasteiger partial charge >= 0.3 is 0 Å². The number of aromatic nitrogens is 3. The van der Waals surface area contributed by atoms with Crippen molar-refractivity contribution in [2.75, 3.05) is 0 Å². The van der Waals surface area contributed by atoms with E-state index >= 15 is 0 Å². The van der Waals surface area contributed by atoms with Crippen LogP contribution in [0, 0.1) is 6.92 Å². The maximum atomic E-state index is 9.33. The lowest BCUT2D eigenvalue weighted by molar-refractivity contribution is 0.273. The van der Waals surface area contributed by atoms with Crippen LogP contribution in [0.25, 0.3) is 15.5 Å². The molecule has 0 aliphatic carbocycles. The zero-order valence-corrected chi connectivity index (χ0v) is 12.0. The van der Waals surface area contributed by atoms with Crippen LogP contribution in [0.1, 0.15) is 11.4 Å². The van der Waals surface area contributed by atoms with E-state index in [4.69, 9.17) is 0 Å². The molecule has 0 fully saturated rings. The third-order valence-corrected chi connectivity index (χ3v) is 4.38. The maximum Gasteiger partial charge on any atom is 0.213 e. The molecule has 0 aliphatic rings. The first-order valence-corrected chi connectivity index (χ1v) is 7.02. The van der Waals surface area contributed by atoms with Crippen LogP contribution in [-0.4, -0.2) is 19.7 Å². The molecule has 0 unspecified atom stereocenters. The summed E-state index contributed by atoms with van der Waals surface area (Å²) in [6.07, 6.45) is 0. The van der Waals surface area contributed by atoms with Gasteiger partial charge in [-0.1, -0.05) is 45.5 Å². The molecule has 0 radical (unpaired) electrons. The number of aliphatic hydroxyl groups excluding tert-OH is 1. The Morgan fingerprint density at radius 1 is 1.39 bits per heavy atom. The Bertz CT molecular complexity index is 719. The maximum absolute atomic E-state index is 9.33. The van der Waals surface area contributed by atoms with Crippen LogP contribution in [0.3, 0.4) is 0 Å². The monoisotopic (exact) mass is 323 g/mol. The first-order valence-electron chi connectivity index (χ1n) is 5.41. The Balaban J connectivity index is 2.20. The molecule has 3 aromatic rings. The van der Waals surface area contributed by atoms with E-state index in [1.807, 2.05) is 31.2 Å². The van der Waals surface area contributed by atoms with Gasteiger partial charge in [0.1, 0.15) is 5.01 Å². The molecule has 0 bridgehead atoms. The van der Waals surface area contributed by atoms with Crippen LogP contribution < -0.4 is 0 Å². The molecular weight excluding hydrogens is 314 g/mol. The van der Waals surface area contributed by atoms with Gasteiger partial charge in [0.05, 0.1) is 18.0 Å². The fourth-order valence-electron chi connectivity index (χ4n) is 1.82. The standard InChI is InChI=1S/C12H10BrN3OS/c1-7-10(6-17)16-12(14-7)18-11(15-16)8-4-2-3-5-9(8)13/h2-5,17H,6H2,1H3. The van der Waals surface area contributed by atoms with Gasteiger partial charge in [-0.2, -0.15) is 5.10 Å². The van der Waals surface area contributed by atoms with Crippen molar-refractivity contribution in [1.29, 1.82) is 0 Å². The summed E-state index contributed by atoms with van der Waals surface area (Å²) in [6.45, 7) is 1.83. The highest BCUT2D eigenvalue weighted by molar-refractivity contribution is 9.10.